The number of thiophene rings is 1. The highest BCUT2D eigenvalue weighted by molar-refractivity contribution is 7.18. The summed E-state index contributed by atoms with van der Waals surface area (Å²) in [6.07, 6.45) is 0.285. The smallest absolute Gasteiger partial charge is 0.266 e. The van der Waals surface area contributed by atoms with Gasteiger partial charge in [-0.15, -0.1) is 11.3 Å². The van der Waals surface area contributed by atoms with Crippen LogP contribution < -0.4 is 10.6 Å². The van der Waals surface area contributed by atoms with Gasteiger partial charge in [0.25, 0.3) is 5.91 Å². The molecule has 6 heteroatoms. The summed E-state index contributed by atoms with van der Waals surface area (Å²) in [6.45, 7) is 1.91. The van der Waals surface area contributed by atoms with Crippen molar-refractivity contribution >= 4 is 33.8 Å². The minimum atomic E-state index is -0.193. The van der Waals surface area contributed by atoms with Crippen molar-refractivity contribution in [2.24, 2.45) is 0 Å². The van der Waals surface area contributed by atoms with Gasteiger partial charge in [0.2, 0.25) is 5.91 Å². The lowest BCUT2D eigenvalue weighted by Crippen LogP contribution is -2.22. The fraction of sp³-hybridized carbons (Fsp3) is 0.143. The average molecular weight is 378 g/mol. The molecule has 3 aromatic rings. The SMILES string of the molecule is Cc1c(C(=O)Nc2ccccc2)sc2c1[C@@H](c1cccc(O)c1)CC(=O)N2. The number of para-hydroxylation sites is 1. The summed E-state index contributed by atoms with van der Waals surface area (Å²) in [6, 6.07) is 16.2. The topological polar surface area (TPSA) is 78.4 Å². The van der Waals surface area contributed by atoms with Gasteiger partial charge in [-0.1, -0.05) is 30.3 Å². The summed E-state index contributed by atoms with van der Waals surface area (Å²) in [5.41, 5.74) is 3.39. The molecule has 0 radical (unpaired) electrons. The first-order valence-corrected chi connectivity index (χ1v) is 9.43. The number of hydrogen-bond acceptors (Lipinski definition) is 4. The highest BCUT2D eigenvalue weighted by Crippen LogP contribution is 2.45. The van der Waals surface area contributed by atoms with Crippen molar-refractivity contribution in [1.82, 2.24) is 0 Å². The molecule has 27 heavy (non-hydrogen) atoms. The molecule has 2 aromatic carbocycles. The first kappa shape index (κ1) is 17.3. The zero-order valence-electron chi connectivity index (χ0n) is 14.7. The van der Waals surface area contributed by atoms with Crippen molar-refractivity contribution in [3.05, 3.63) is 76.2 Å². The van der Waals surface area contributed by atoms with Crippen LogP contribution in [0, 0.1) is 6.92 Å². The van der Waals surface area contributed by atoms with Crippen molar-refractivity contribution in [1.29, 1.82) is 0 Å². The lowest BCUT2D eigenvalue weighted by Gasteiger charge is -2.24. The predicted octanol–water partition coefficient (Wildman–Crippen LogP) is 4.49. The summed E-state index contributed by atoms with van der Waals surface area (Å²) in [7, 11) is 0. The average Bonchev–Trinajstić information content (AvgIpc) is 2.98. The molecule has 3 N–H and O–H groups in total. The number of phenolic OH excluding ortho intramolecular Hbond substituents is 1. The number of carbonyl (C=O) groups excluding carboxylic acids is 2. The molecule has 1 atom stereocenters. The molecule has 0 fully saturated rings. The van der Waals surface area contributed by atoms with Crippen molar-refractivity contribution in [3.8, 4) is 5.75 Å². The second-order valence-corrected chi connectivity index (χ2v) is 7.54. The number of hydrogen-bond donors (Lipinski definition) is 3. The van der Waals surface area contributed by atoms with E-state index in [1.165, 1.54) is 11.3 Å². The summed E-state index contributed by atoms with van der Waals surface area (Å²) >= 11 is 1.29. The van der Waals surface area contributed by atoms with E-state index in [0.717, 1.165) is 22.4 Å². The van der Waals surface area contributed by atoms with Crippen molar-refractivity contribution < 1.29 is 14.7 Å². The molecule has 136 valence electrons. The van der Waals surface area contributed by atoms with Crippen molar-refractivity contribution in [2.75, 3.05) is 10.6 Å². The summed E-state index contributed by atoms with van der Waals surface area (Å²) in [5.74, 6) is -0.306. The quantitative estimate of drug-likeness (QED) is 0.628. The van der Waals surface area contributed by atoms with Crippen LogP contribution in [0.4, 0.5) is 10.7 Å². The van der Waals surface area contributed by atoms with E-state index >= 15 is 0 Å². The van der Waals surface area contributed by atoms with Gasteiger partial charge in [0.15, 0.2) is 0 Å². The van der Waals surface area contributed by atoms with E-state index in [4.69, 9.17) is 0 Å². The normalized spacial score (nSPS) is 15.7. The number of nitrogens with one attached hydrogen (secondary N) is 2. The fourth-order valence-electron chi connectivity index (χ4n) is 3.46. The lowest BCUT2D eigenvalue weighted by atomic mass is 9.85. The van der Waals surface area contributed by atoms with E-state index < -0.39 is 0 Å². The minimum Gasteiger partial charge on any atom is -0.508 e. The van der Waals surface area contributed by atoms with Crippen LogP contribution in [0.5, 0.6) is 5.75 Å². The Labute approximate surface area is 160 Å². The standard InChI is InChI=1S/C21H18N2O3S/c1-12-18-16(13-6-5-9-15(24)10-13)11-17(25)23-21(18)27-19(12)20(26)22-14-7-3-2-4-8-14/h2-10,16,24H,11H2,1H3,(H,22,26)(H,23,25)/t16-/m1/s1. The third-order valence-electron chi connectivity index (χ3n) is 4.69. The molecule has 0 bridgehead atoms. The number of anilines is 2. The van der Waals surface area contributed by atoms with Gasteiger partial charge in [-0.3, -0.25) is 9.59 Å². The van der Waals surface area contributed by atoms with Crippen LogP contribution in [0.1, 0.15) is 38.7 Å². The van der Waals surface area contributed by atoms with E-state index in [1.807, 2.05) is 43.3 Å². The summed E-state index contributed by atoms with van der Waals surface area (Å²) < 4.78 is 0. The van der Waals surface area contributed by atoms with Crippen LogP contribution in [0.25, 0.3) is 0 Å². The second-order valence-electron chi connectivity index (χ2n) is 6.52. The molecule has 0 spiro atoms. The van der Waals surface area contributed by atoms with Gasteiger partial charge in [-0.05, 0) is 47.9 Å². The molecule has 0 saturated heterocycles. The maximum Gasteiger partial charge on any atom is 0.266 e. The van der Waals surface area contributed by atoms with Gasteiger partial charge < -0.3 is 15.7 Å². The Hall–Kier alpha value is -3.12. The summed E-state index contributed by atoms with van der Waals surface area (Å²) in [5, 5.41) is 16.3. The van der Waals surface area contributed by atoms with Crippen LogP contribution in [-0.4, -0.2) is 16.9 Å². The number of amides is 2. The number of aromatic hydroxyl groups is 1. The van der Waals surface area contributed by atoms with Crippen LogP contribution in [-0.2, 0) is 4.79 Å². The van der Waals surface area contributed by atoms with E-state index in [0.29, 0.717) is 9.88 Å². The van der Waals surface area contributed by atoms with Gasteiger partial charge >= 0.3 is 0 Å². The molecule has 0 unspecified atom stereocenters. The monoisotopic (exact) mass is 378 g/mol. The minimum absolute atomic E-state index is 0.0906. The molecule has 2 amide bonds. The van der Waals surface area contributed by atoms with Crippen LogP contribution in [0.3, 0.4) is 0 Å². The Balaban J connectivity index is 1.73. The van der Waals surface area contributed by atoms with Gasteiger partial charge in [0.1, 0.15) is 5.75 Å². The molecule has 0 saturated carbocycles. The molecule has 1 aromatic heterocycles. The first-order valence-electron chi connectivity index (χ1n) is 8.61. The van der Waals surface area contributed by atoms with Gasteiger partial charge in [0, 0.05) is 18.0 Å². The molecule has 1 aliphatic heterocycles. The van der Waals surface area contributed by atoms with E-state index in [9.17, 15) is 14.7 Å². The Morgan fingerprint density at radius 3 is 2.70 bits per heavy atom. The van der Waals surface area contributed by atoms with Crippen molar-refractivity contribution in [3.63, 3.8) is 0 Å². The summed E-state index contributed by atoms with van der Waals surface area (Å²) in [4.78, 5) is 25.6. The molecule has 0 aliphatic carbocycles. The van der Waals surface area contributed by atoms with Crippen LogP contribution in [0.2, 0.25) is 0 Å². The van der Waals surface area contributed by atoms with E-state index in [-0.39, 0.29) is 29.9 Å². The van der Waals surface area contributed by atoms with Gasteiger partial charge in [-0.25, -0.2) is 0 Å². The highest BCUT2D eigenvalue weighted by Gasteiger charge is 2.33. The zero-order chi connectivity index (χ0) is 19.0. The fourth-order valence-corrected chi connectivity index (χ4v) is 4.64. The maximum atomic E-state index is 12.8. The molecule has 1 aliphatic rings. The molecule has 4 rings (SSSR count). The number of carbonyl (C=O) groups is 2. The van der Waals surface area contributed by atoms with Gasteiger partial charge in [0.05, 0.1) is 9.88 Å². The molecular weight excluding hydrogens is 360 g/mol. The van der Waals surface area contributed by atoms with Crippen LogP contribution >= 0.6 is 11.3 Å². The van der Waals surface area contributed by atoms with E-state index in [2.05, 4.69) is 10.6 Å². The number of benzene rings is 2. The Morgan fingerprint density at radius 2 is 1.96 bits per heavy atom. The Kier molecular flexibility index (Phi) is 4.41. The lowest BCUT2D eigenvalue weighted by molar-refractivity contribution is -0.116. The van der Waals surface area contributed by atoms with E-state index in [1.54, 1.807) is 18.2 Å². The molecule has 5 nitrogen and oxygen atoms in total. The predicted molar refractivity (Wildman–Crippen MR) is 107 cm³/mol. The largest absolute Gasteiger partial charge is 0.508 e. The number of fused-ring (bicyclic) bond motifs is 1. The zero-order valence-corrected chi connectivity index (χ0v) is 15.5. The molecular formula is C21H18N2O3S. The number of rotatable bonds is 3. The Bertz CT molecular complexity index is 1030. The maximum absolute atomic E-state index is 12.8. The first-order chi connectivity index (χ1) is 13.0. The third-order valence-corrected chi connectivity index (χ3v) is 5.92. The van der Waals surface area contributed by atoms with Crippen molar-refractivity contribution in [2.45, 2.75) is 19.3 Å². The van der Waals surface area contributed by atoms with Crippen LogP contribution in [0.15, 0.2) is 54.6 Å². The molecule has 2 heterocycles. The number of phenols is 1. The van der Waals surface area contributed by atoms with Gasteiger partial charge in [-0.2, -0.15) is 0 Å². The highest BCUT2D eigenvalue weighted by atomic mass is 32.1. The third kappa shape index (κ3) is 3.31. The Morgan fingerprint density at radius 1 is 1.19 bits per heavy atom. The second kappa shape index (κ2) is 6.89.